The van der Waals surface area contributed by atoms with Crippen LogP contribution in [0.4, 0.5) is 4.39 Å². The summed E-state index contributed by atoms with van der Waals surface area (Å²) in [6.45, 7) is 1.71. The molecule has 0 aliphatic heterocycles. The first-order valence-corrected chi connectivity index (χ1v) is 7.49. The molecule has 0 saturated carbocycles. The minimum atomic E-state index is -0.470. The van der Waals surface area contributed by atoms with Gasteiger partial charge in [0, 0.05) is 31.1 Å². The Kier molecular flexibility index (Phi) is 6.03. The number of aliphatic hydroxyl groups is 1. The Hall–Kier alpha value is -2.73. The first kappa shape index (κ1) is 17.6. The number of carbonyl (C=O) groups excluding carboxylic acids is 2. The second-order valence-corrected chi connectivity index (χ2v) is 5.37. The van der Waals surface area contributed by atoms with E-state index in [4.69, 9.17) is 5.11 Å². The Labute approximate surface area is 139 Å². The topological polar surface area (TPSA) is 78.4 Å². The Morgan fingerprint density at radius 3 is 2.25 bits per heavy atom. The monoisotopic (exact) mass is 330 g/mol. The van der Waals surface area contributed by atoms with Gasteiger partial charge in [0.25, 0.3) is 5.91 Å². The van der Waals surface area contributed by atoms with Crippen LogP contribution >= 0.6 is 0 Å². The molecular formula is C18H19FN2O3. The van der Waals surface area contributed by atoms with Crippen molar-refractivity contribution in [3.8, 4) is 0 Å². The Morgan fingerprint density at radius 2 is 1.62 bits per heavy atom. The second-order valence-electron chi connectivity index (χ2n) is 5.37. The fourth-order valence-corrected chi connectivity index (χ4v) is 2.14. The van der Waals surface area contributed by atoms with Gasteiger partial charge < -0.3 is 15.7 Å². The van der Waals surface area contributed by atoms with E-state index >= 15 is 0 Å². The lowest BCUT2D eigenvalue weighted by Gasteiger charge is -2.08. The van der Waals surface area contributed by atoms with Gasteiger partial charge in [-0.15, -0.1) is 0 Å². The lowest BCUT2D eigenvalue weighted by Crippen LogP contribution is -2.23. The molecule has 0 saturated heterocycles. The number of amides is 2. The summed E-state index contributed by atoms with van der Waals surface area (Å²) in [7, 11) is 0. The Morgan fingerprint density at radius 1 is 1.00 bits per heavy atom. The van der Waals surface area contributed by atoms with Crippen molar-refractivity contribution in [3.63, 3.8) is 0 Å². The molecule has 2 rings (SSSR count). The number of benzene rings is 2. The van der Waals surface area contributed by atoms with Gasteiger partial charge in [-0.25, -0.2) is 4.39 Å². The van der Waals surface area contributed by atoms with Gasteiger partial charge in [0.2, 0.25) is 5.91 Å². The molecule has 3 N–H and O–H groups in total. The zero-order valence-corrected chi connectivity index (χ0v) is 13.3. The van der Waals surface area contributed by atoms with Crippen molar-refractivity contribution in [2.45, 2.75) is 26.6 Å². The first-order chi connectivity index (χ1) is 11.5. The highest BCUT2D eigenvalue weighted by molar-refractivity contribution is 5.94. The summed E-state index contributed by atoms with van der Waals surface area (Å²) in [6, 6.07) is 11.2. The Balaban J connectivity index is 1.93. The first-order valence-electron chi connectivity index (χ1n) is 7.49. The smallest absolute Gasteiger partial charge is 0.251 e. The summed E-state index contributed by atoms with van der Waals surface area (Å²) in [5.41, 5.74) is 2.29. The number of nitrogens with one attached hydrogen (secondary N) is 2. The molecule has 0 atom stereocenters. The number of hydrogen-bond donors (Lipinski definition) is 3. The third kappa shape index (κ3) is 4.89. The maximum atomic E-state index is 13.3. The second kappa shape index (κ2) is 8.21. The Bertz CT molecular complexity index is 730. The van der Waals surface area contributed by atoms with E-state index in [1.807, 2.05) is 0 Å². The summed E-state index contributed by atoms with van der Waals surface area (Å²) < 4.78 is 13.3. The lowest BCUT2D eigenvalue weighted by molar-refractivity contribution is -0.119. The molecule has 2 amide bonds. The van der Waals surface area contributed by atoms with Crippen LogP contribution in [0.25, 0.3) is 0 Å². The number of rotatable bonds is 6. The van der Waals surface area contributed by atoms with Crippen molar-refractivity contribution < 1.29 is 19.1 Å². The van der Waals surface area contributed by atoms with Crippen LogP contribution < -0.4 is 10.6 Å². The largest absolute Gasteiger partial charge is 0.392 e. The summed E-state index contributed by atoms with van der Waals surface area (Å²) >= 11 is 0. The normalized spacial score (nSPS) is 10.3. The number of halogens is 1. The van der Waals surface area contributed by atoms with Gasteiger partial charge in [-0.2, -0.15) is 0 Å². The molecule has 0 aliphatic carbocycles. The van der Waals surface area contributed by atoms with Gasteiger partial charge in [0.05, 0.1) is 6.61 Å². The highest BCUT2D eigenvalue weighted by atomic mass is 19.1. The van der Waals surface area contributed by atoms with Crippen molar-refractivity contribution in [1.29, 1.82) is 0 Å². The summed E-state index contributed by atoms with van der Waals surface area (Å²) in [5, 5.41) is 14.5. The van der Waals surface area contributed by atoms with Gasteiger partial charge in [0.15, 0.2) is 0 Å². The van der Waals surface area contributed by atoms with E-state index in [1.165, 1.54) is 19.1 Å². The quantitative estimate of drug-likeness (QED) is 0.757. The van der Waals surface area contributed by atoms with Crippen LogP contribution in [0.5, 0.6) is 0 Å². The van der Waals surface area contributed by atoms with Crippen molar-refractivity contribution in [1.82, 2.24) is 10.6 Å². The molecule has 0 aromatic heterocycles. The zero-order valence-electron chi connectivity index (χ0n) is 13.3. The summed E-state index contributed by atoms with van der Waals surface area (Å²) in [6.07, 6.45) is 0. The highest BCUT2D eigenvalue weighted by Crippen LogP contribution is 2.11. The van der Waals surface area contributed by atoms with Crippen molar-refractivity contribution >= 4 is 11.8 Å². The van der Waals surface area contributed by atoms with Gasteiger partial charge in [-0.1, -0.05) is 18.2 Å². The van der Waals surface area contributed by atoms with Gasteiger partial charge >= 0.3 is 0 Å². The lowest BCUT2D eigenvalue weighted by atomic mass is 10.1. The summed E-state index contributed by atoms with van der Waals surface area (Å²) in [4.78, 5) is 23.0. The van der Waals surface area contributed by atoms with Crippen LogP contribution in [-0.4, -0.2) is 16.9 Å². The van der Waals surface area contributed by atoms with Crippen LogP contribution in [0, 0.1) is 5.82 Å². The molecule has 126 valence electrons. The van der Waals surface area contributed by atoms with Crippen LogP contribution in [0.15, 0.2) is 42.5 Å². The zero-order chi connectivity index (χ0) is 17.5. The van der Waals surface area contributed by atoms with E-state index in [1.54, 1.807) is 30.3 Å². The van der Waals surface area contributed by atoms with E-state index < -0.39 is 5.82 Å². The van der Waals surface area contributed by atoms with E-state index in [9.17, 15) is 14.0 Å². The average molecular weight is 330 g/mol. The molecule has 2 aromatic rings. The molecule has 0 fully saturated rings. The minimum Gasteiger partial charge on any atom is -0.392 e. The van der Waals surface area contributed by atoms with E-state index in [-0.39, 0.29) is 30.5 Å². The molecule has 2 aromatic carbocycles. The molecule has 0 bridgehead atoms. The van der Waals surface area contributed by atoms with Crippen LogP contribution in [0.3, 0.4) is 0 Å². The van der Waals surface area contributed by atoms with Crippen molar-refractivity contribution in [2.75, 3.05) is 0 Å². The predicted molar refractivity (Wildman–Crippen MR) is 87.5 cm³/mol. The van der Waals surface area contributed by atoms with Gasteiger partial charge in [-0.05, 0) is 35.4 Å². The fraction of sp³-hybridized carbons (Fsp3) is 0.222. The van der Waals surface area contributed by atoms with Crippen LogP contribution in [0.1, 0.15) is 34.0 Å². The van der Waals surface area contributed by atoms with Gasteiger partial charge in [-0.3, -0.25) is 9.59 Å². The van der Waals surface area contributed by atoms with Crippen molar-refractivity contribution in [3.05, 3.63) is 70.5 Å². The van der Waals surface area contributed by atoms with E-state index in [2.05, 4.69) is 10.6 Å². The molecule has 5 nitrogen and oxygen atoms in total. The van der Waals surface area contributed by atoms with Gasteiger partial charge in [0.1, 0.15) is 5.82 Å². The maximum Gasteiger partial charge on any atom is 0.251 e. The molecular weight excluding hydrogens is 311 g/mol. The highest BCUT2D eigenvalue weighted by Gasteiger charge is 2.07. The minimum absolute atomic E-state index is 0.113. The standard InChI is InChI=1S/C18H19FN2O3/c1-12(23)20-9-13-2-5-15(6-3-13)18(24)21-10-14-4-7-17(19)16(8-14)11-22/h2-8,22H,9-11H2,1H3,(H,20,23)(H,21,24). The third-order valence-corrected chi connectivity index (χ3v) is 3.49. The van der Waals surface area contributed by atoms with E-state index in [0.29, 0.717) is 17.7 Å². The average Bonchev–Trinajstić information content (AvgIpc) is 2.59. The molecule has 0 radical (unpaired) electrons. The third-order valence-electron chi connectivity index (χ3n) is 3.49. The number of aliphatic hydroxyl groups excluding tert-OH is 1. The maximum absolute atomic E-state index is 13.3. The number of carbonyl (C=O) groups is 2. The molecule has 0 spiro atoms. The SMILES string of the molecule is CC(=O)NCc1ccc(C(=O)NCc2ccc(F)c(CO)c2)cc1. The molecule has 24 heavy (non-hydrogen) atoms. The summed E-state index contributed by atoms with van der Waals surface area (Å²) in [5.74, 6) is -0.836. The van der Waals surface area contributed by atoms with E-state index in [0.717, 1.165) is 5.56 Å². The van der Waals surface area contributed by atoms with Crippen LogP contribution in [-0.2, 0) is 24.5 Å². The van der Waals surface area contributed by atoms with Crippen LogP contribution in [0.2, 0.25) is 0 Å². The predicted octanol–water partition coefficient (Wildman–Crippen LogP) is 1.88. The molecule has 0 unspecified atom stereocenters. The van der Waals surface area contributed by atoms with Crippen molar-refractivity contribution in [2.24, 2.45) is 0 Å². The fourth-order valence-electron chi connectivity index (χ4n) is 2.14. The molecule has 0 heterocycles. The molecule has 6 heteroatoms. The number of hydrogen-bond acceptors (Lipinski definition) is 3. The molecule has 0 aliphatic rings.